The van der Waals surface area contributed by atoms with E-state index in [0.29, 0.717) is 0 Å². The molecule has 0 saturated carbocycles. The van der Waals surface area contributed by atoms with Gasteiger partial charge in [-0.3, -0.25) is 4.79 Å². The Kier molecular flexibility index (Phi) is 2.35. The standard InChI is InChI=1S/C12H13NO/c1-9-11(13-12(9)14)8-7-10-5-3-2-4-6-10/h2-9,11H,1H3,(H,13,14)/b8-7-. The topological polar surface area (TPSA) is 29.1 Å². The first-order chi connectivity index (χ1) is 6.77. The van der Waals surface area contributed by atoms with Crippen molar-refractivity contribution in [2.75, 3.05) is 0 Å². The molecule has 0 aliphatic carbocycles. The summed E-state index contributed by atoms with van der Waals surface area (Å²) in [5, 5.41) is 2.84. The number of β-lactam (4-membered cyclic amide) rings is 1. The maximum absolute atomic E-state index is 10.9. The van der Waals surface area contributed by atoms with E-state index in [1.54, 1.807) is 0 Å². The third-order valence-corrected chi connectivity index (χ3v) is 2.56. The van der Waals surface area contributed by atoms with Gasteiger partial charge in [0.1, 0.15) is 0 Å². The van der Waals surface area contributed by atoms with Crippen molar-refractivity contribution >= 4 is 12.0 Å². The predicted molar refractivity (Wildman–Crippen MR) is 56.6 cm³/mol. The number of hydrogen-bond donors (Lipinski definition) is 1. The van der Waals surface area contributed by atoms with Crippen LogP contribution in [0.2, 0.25) is 0 Å². The molecule has 1 fully saturated rings. The van der Waals surface area contributed by atoms with E-state index in [9.17, 15) is 4.79 Å². The Morgan fingerprint density at radius 3 is 2.57 bits per heavy atom. The van der Waals surface area contributed by atoms with Crippen LogP contribution in [-0.2, 0) is 4.79 Å². The van der Waals surface area contributed by atoms with Crippen molar-refractivity contribution in [3.8, 4) is 0 Å². The lowest BCUT2D eigenvalue weighted by atomic mass is 9.92. The highest BCUT2D eigenvalue weighted by Gasteiger charge is 2.32. The summed E-state index contributed by atoms with van der Waals surface area (Å²) in [6.07, 6.45) is 4.09. The molecule has 1 saturated heterocycles. The second-order valence-electron chi connectivity index (χ2n) is 3.59. The van der Waals surface area contributed by atoms with Gasteiger partial charge in [-0.25, -0.2) is 0 Å². The van der Waals surface area contributed by atoms with Crippen LogP contribution in [0.15, 0.2) is 36.4 Å². The van der Waals surface area contributed by atoms with Crippen molar-refractivity contribution in [1.29, 1.82) is 0 Å². The average molecular weight is 187 g/mol. The van der Waals surface area contributed by atoms with Crippen molar-refractivity contribution in [1.82, 2.24) is 5.32 Å². The van der Waals surface area contributed by atoms with Crippen LogP contribution in [0.5, 0.6) is 0 Å². The fourth-order valence-corrected chi connectivity index (χ4v) is 1.48. The summed E-state index contributed by atoms with van der Waals surface area (Å²) in [4.78, 5) is 10.9. The van der Waals surface area contributed by atoms with Crippen LogP contribution in [0.4, 0.5) is 0 Å². The summed E-state index contributed by atoms with van der Waals surface area (Å²) in [5.41, 5.74) is 1.17. The Balaban J connectivity index is 1.99. The summed E-state index contributed by atoms with van der Waals surface area (Å²) in [6, 6.07) is 10.3. The minimum Gasteiger partial charge on any atom is -0.349 e. The molecular formula is C12H13NO. The highest BCUT2D eigenvalue weighted by atomic mass is 16.2. The monoisotopic (exact) mass is 187 g/mol. The molecule has 1 amide bonds. The van der Waals surface area contributed by atoms with Crippen LogP contribution in [0.1, 0.15) is 12.5 Å². The molecule has 72 valence electrons. The molecule has 2 atom stereocenters. The Bertz CT molecular complexity index is 356. The van der Waals surface area contributed by atoms with E-state index >= 15 is 0 Å². The van der Waals surface area contributed by atoms with E-state index in [1.165, 1.54) is 5.56 Å². The number of nitrogens with one attached hydrogen (secondary N) is 1. The molecular weight excluding hydrogens is 174 g/mol. The third-order valence-electron chi connectivity index (χ3n) is 2.56. The quantitative estimate of drug-likeness (QED) is 0.703. The SMILES string of the molecule is CC1C(=O)NC1/C=C\c1ccccc1. The van der Waals surface area contributed by atoms with Gasteiger partial charge in [0.2, 0.25) is 5.91 Å². The first kappa shape index (κ1) is 9.00. The molecule has 14 heavy (non-hydrogen) atoms. The number of amides is 1. The van der Waals surface area contributed by atoms with Gasteiger partial charge in [-0.05, 0) is 5.56 Å². The third kappa shape index (κ3) is 1.69. The molecule has 2 heteroatoms. The summed E-state index contributed by atoms with van der Waals surface area (Å²) in [7, 11) is 0. The second-order valence-corrected chi connectivity index (χ2v) is 3.59. The van der Waals surface area contributed by atoms with Gasteiger partial charge in [0.15, 0.2) is 0 Å². The zero-order valence-electron chi connectivity index (χ0n) is 8.10. The van der Waals surface area contributed by atoms with Crippen molar-refractivity contribution in [3.63, 3.8) is 0 Å². The molecule has 2 rings (SSSR count). The molecule has 0 radical (unpaired) electrons. The van der Waals surface area contributed by atoms with Crippen LogP contribution < -0.4 is 5.32 Å². The molecule has 1 aliphatic heterocycles. The first-order valence-corrected chi connectivity index (χ1v) is 4.81. The predicted octanol–water partition coefficient (Wildman–Crippen LogP) is 1.83. The lowest BCUT2D eigenvalue weighted by Gasteiger charge is -2.31. The van der Waals surface area contributed by atoms with Gasteiger partial charge in [-0.2, -0.15) is 0 Å². The smallest absolute Gasteiger partial charge is 0.225 e. The van der Waals surface area contributed by atoms with E-state index in [-0.39, 0.29) is 17.9 Å². The number of hydrogen-bond acceptors (Lipinski definition) is 1. The van der Waals surface area contributed by atoms with Gasteiger partial charge >= 0.3 is 0 Å². The Hall–Kier alpha value is -1.57. The minimum atomic E-state index is 0.120. The van der Waals surface area contributed by atoms with Crippen molar-refractivity contribution < 1.29 is 4.79 Å². The van der Waals surface area contributed by atoms with Crippen LogP contribution >= 0.6 is 0 Å². The van der Waals surface area contributed by atoms with E-state index in [2.05, 4.69) is 5.32 Å². The molecule has 0 spiro atoms. The molecule has 1 aromatic carbocycles. The van der Waals surface area contributed by atoms with Crippen LogP contribution in [0.25, 0.3) is 6.08 Å². The lowest BCUT2D eigenvalue weighted by molar-refractivity contribution is -0.132. The lowest BCUT2D eigenvalue weighted by Crippen LogP contribution is -2.55. The van der Waals surface area contributed by atoms with E-state index in [1.807, 2.05) is 49.4 Å². The summed E-state index contributed by atoms with van der Waals surface area (Å²) in [5.74, 6) is 0.266. The molecule has 1 aliphatic rings. The number of carbonyl (C=O) groups excluding carboxylic acids is 1. The van der Waals surface area contributed by atoms with Gasteiger partial charge in [-0.15, -0.1) is 0 Å². The van der Waals surface area contributed by atoms with Crippen LogP contribution in [-0.4, -0.2) is 11.9 Å². The Morgan fingerprint density at radius 1 is 1.29 bits per heavy atom. The van der Waals surface area contributed by atoms with Crippen molar-refractivity contribution in [2.45, 2.75) is 13.0 Å². The normalized spacial score (nSPS) is 25.9. The summed E-state index contributed by atoms with van der Waals surface area (Å²) in [6.45, 7) is 1.94. The Morgan fingerprint density at radius 2 is 2.00 bits per heavy atom. The van der Waals surface area contributed by atoms with E-state index < -0.39 is 0 Å². The summed E-state index contributed by atoms with van der Waals surface area (Å²) < 4.78 is 0. The molecule has 2 unspecified atom stereocenters. The maximum atomic E-state index is 10.9. The van der Waals surface area contributed by atoms with Crippen LogP contribution in [0, 0.1) is 5.92 Å². The second kappa shape index (κ2) is 3.66. The maximum Gasteiger partial charge on any atom is 0.225 e. The van der Waals surface area contributed by atoms with Gasteiger partial charge in [0.25, 0.3) is 0 Å². The van der Waals surface area contributed by atoms with Crippen LogP contribution in [0.3, 0.4) is 0 Å². The van der Waals surface area contributed by atoms with E-state index in [4.69, 9.17) is 0 Å². The molecule has 0 bridgehead atoms. The number of carbonyl (C=O) groups is 1. The largest absolute Gasteiger partial charge is 0.349 e. The zero-order valence-corrected chi connectivity index (χ0v) is 8.10. The fraction of sp³-hybridized carbons (Fsp3) is 0.250. The molecule has 2 nitrogen and oxygen atoms in total. The summed E-state index contributed by atoms with van der Waals surface area (Å²) >= 11 is 0. The number of benzene rings is 1. The fourth-order valence-electron chi connectivity index (χ4n) is 1.48. The van der Waals surface area contributed by atoms with Gasteiger partial charge in [0.05, 0.1) is 12.0 Å². The van der Waals surface area contributed by atoms with Gasteiger partial charge in [0, 0.05) is 0 Å². The number of rotatable bonds is 2. The highest BCUT2D eigenvalue weighted by molar-refractivity contribution is 5.86. The van der Waals surface area contributed by atoms with Crippen molar-refractivity contribution in [2.24, 2.45) is 5.92 Å². The zero-order chi connectivity index (χ0) is 9.97. The molecule has 0 aromatic heterocycles. The average Bonchev–Trinajstić information content (AvgIpc) is 2.25. The molecule has 1 N–H and O–H groups in total. The molecule has 1 aromatic rings. The minimum absolute atomic E-state index is 0.120. The first-order valence-electron chi connectivity index (χ1n) is 4.81. The van der Waals surface area contributed by atoms with E-state index in [0.717, 1.165) is 0 Å². The van der Waals surface area contributed by atoms with Crippen molar-refractivity contribution in [3.05, 3.63) is 42.0 Å². The molecule has 1 heterocycles. The highest BCUT2D eigenvalue weighted by Crippen LogP contribution is 2.16. The Labute approximate surface area is 83.6 Å². The van der Waals surface area contributed by atoms with Gasteiger partial charge in [-0.1, -0.05) is 49.4 Å². The van der Waals surface area contributed by atoms with Gasteiger partial charge < -0.3 is 5.32 Å².